The summed E-state index contributed by atoms with van der Waals surface area (Å²) in [4.78, 5) is 0. The number of hydrogen-bond acceptors (Lipinski definition) is 0. The van der Waals surface area contributed by atoms with E-state index < -0.39 is 28.3 Å². The Hall–Kier alpha value is 0.0600. The van der Waals surface area contributed by atoms with Gasteiger partial charge >= 0.3 is 143 Å². The molecule has 2 aliphatic carbocycles. The van der Waals surface area contributed by atoms with Crippen molar-refractivity contribution in [3.8, 4) is 0 Å². The molecule has 3 aliphatic rings. The van der Waals surface area contributed by atoms with Crippen LogP contribution in [0.1, 0.15) is 41.5 Å². The van der Waals surface area contributed by atoms with E-state index in [-0.39, 0.29) is 0 Å². The van der Waals surface area contributed by atoms with Crippen molar-refractivity contribution in [2.45, 2.75) is 63.9 Å². The number of allylic oxidation sites excluding steroid dienone is 8. The van der Waals surface area contributed by atoms with Crippen LogP contribution in [-0.2, 0) is 20.3 Å². The molecule has 0 saturated carbocycles. The van der Waals surface area contributed by atoms with Gasteiger partial charge in [0, 0.05) is 0 Å². The first kappa shape index (κ1) is 16.9. The summed E-state index contributed by atoms with van der Waals surface area (Å²) < 4.78 is 9.20. The van der Waals surface area contributed by atoms with Gasteiger partial charge in [-0.3, -0.25) is 0 Å². The molecule has 2 atom stereocenters. The van der Waals surface area contributed by atoms with Crippen LogP contribution >= 0.6 is 0 Å². The van der Waals surface area contributed by atoms with Crippen molar-refractivity contribution in [3.05, 3.63) is 39.2 Å². The summed E-state index contributed by atoms with van der Waals surface area (Å²) in [7, 11) is -1.54. The van der Waals surface area contributed by atoms with Crippen molar-refractivity contribution in [3.63, 3.8) is 0 Å². The third-order valence-electron chi connectivity index (χ3n) is 7.17. The summed E-state index contributed by atoms with van der Waals surface area (Å²) in [6.07, 6.45) is 0. The molecule has 0 amide bonds. The Kier molecular flexibility index (Phi) is 3.68. The molecule has 2 unspecified atom stereocenters. The summed E-state index contributed by atoms with van der Waals surface area (Å²) in [5, 5.41) is 3.72. The fraction of sp³-hybridized carbons (Fsp3) is 0.600. The van der Waals surface area contributed by atoms with E-state index in [2.05, 4.69) is 63.9 Å². The zero-order valence-electron chi connectivity index (χ0n) is 16.2. The molecule has 2 heteroatoms. The normalized spacial score (nSPS) is 33.0. The topological polar surface area (TPSA) is 0 Å². The molecule has 4 bridgehead atoms. The predicted octanol–water partition coefficient (Wildman–Crippen LogP) is 6.52. The quantitative estimate of drug-likeness (QED) is 0.412. The molecule has 0 aromatic heterocycles. The van der Waals surface area contributed by atoms with Crippen molar-refractivity contribution in [2.24, 2.45) is 11.8 Å². The van der Waals surface area contributed by atoms with E-state index in [1.54, 1.807) is 22.3 Å². The van der Waals surface area contributed by atoms with Crippen LogP contribution < -0.4 is 0 Å². The van der Waals surface area contributed by atoms with Gasteiger partial charge in [0.15, 0.2) is 0 Å². The van der Waals surface area contributed by atoms with Gasteiger partial charge in [-0.15, -0.1) is 0 Å². The Bertz CT molecular complexity index is 592. The third kappa shape index (κ3) is 1.78. The van der Waals surface area contributed by atoms with E-state index >= 15 is 0 Å². The SMILES string of the molecule is CC1=C2C(C)[C](=C1C)[Zr]([CH3])([CH3])[C]1=C(C)C(C)=C(C1C)[Si]2(C)C. The van der Waals surface area contributed by atoms with Gasteiger partial charge in [-0.2, -0.15) is 0 Å². The Morgan fingerprint density at radius 2 is 1.00 bits per heavy atom. The maximum absolute atomic E-state index is 2.69. The van der Waals surface area contributed by atoms with Gasteiger partial charge in [-0.05, 0) is 0 Å². The van der Waals surface area contributed by atoms with E-state index in [0.717, 1.165) is 11.8 Å². The van der Waals surface area contributed by atoms with E-state index in [9.17, 15) is 0 Å². The van der Waals surface area contributed by atoms with Gasteiger partial charge in [-0.25, -0.2) is 0 Å². The molecular formula is C20H32SiZr. The van der Waals surface area contributed by atoms with Crippen LogP contribution in [0.5, 0.6) is 0 Å². The molecule has 0 nitrogen and oxygen atoms in total. The molecule has 0 spiro atoms. The van der Waals surface area contributed by atoms with Crippen LogP contribution in [0.25, 0.3) is 0 Å². The summed E-state index contributed by atoms with van der Waals surface area (Å²) in [5.41, 5.74) is 6.70. The van der Waals surface area contributed by atoms with Crippen LogP contribution in [-0.4, -0.2) is 8.07 Å². The molecule has 0 N–H and O–H groups in total. The Balaban J connectivity index is 2.45. The molecule has 120 valence electrons. The standard InChI is InChI=1S/C18H26Si.2CH3.Zr/c1-11-9-13(3)17(15(11)5)19(7,8)18-14(4)10-12(2)16(18)6;;;/h13-14H,1-8H3;2*1H3;. The second kappa shape index (κ2) is 4.79. The number of fused-ring (bicyclic) bond motifs is 4. The molecule has 1 saturated heterocycles. The van der Waals surface area contributed by atoms with E-state index in [1.807, 2.05) is 17.0 Å². The zero-order valence-corrected chi connectivity index (χ0v) is 19.6. The summed E-state index contributed by atoms with van der Waals surface area (Å²) in [5.74, 6) is 1.45. The molecule has 0 aromatic carbocycles. The van der Waals surface area contributed by atoms with E-state index in [0.29, 0.717) is 0 Å². The molecular weight excluding hydrogens is 360 g/mol. The fourth-order valence-electron chi connectivity index (χ4n) is 6.73. The molecule has 22 heavy (non-hydrogen) atoms. The fourth-order valence-corrected chi connectivity index (χ4v) is 24.7. The monoisotopic (exact) mass is 390 g/mol. The zero-order chi connectivity index (χ0) is 16.8. The van der Waals surface area contributed by atoms with Crippen molar-refractivity contribution in [1.29, 1.82) is 0 Å². The Morgan fingerprint density at radius 1 is 0.682 bits per heavy atom. The predicted molar refractivity (Wildman–Crippen MR) is 98.3 cm³/mol. The van der Waals surface area contributed by atoms with Crippen LogP contribution in [0.15, 0.2) is 39.2 Å². The van der Waals surface area contributed by atoms with E-state index in [1.165, 1.54) is 0 Å². The van der Waals surface area contributed by atoms with Crippen molar-refractivity contribution < 1.29 is 20.3 Å². The van der Waals surface area contributed by atoms with Crippen molar-refractivity contribution >= 4 is 8.07 Å². The van der Waals surface area contributed by atoms with Gasteiger partial charge in [0.05, 0.1) is 0 Å². The summed E-state index contributed by atoms with van der Waals surface area (Å²) in [6, 6.07) is 0. The molecule has 1 aliphatic heterocycles. The molecule has 0 aromatic rings. The number of rotatable bonds is 0. The van der Waals surface area contributed by atoms with Gasteiger partial charge in [0.2, 0.25) is 0 Å². The van der Waals surface area contributed by atoms with Gasteiger partial charge < -0.3 is 0 Å². The Labute approximate surface area is 142 Å². The maximum atomic E-state index is 2.69. The summed E-state index contributed by atoms with van der Waals surface area (Å²) >= 11 is -2.44. The first-order valence-corrected chi connectivity index (χ1v) is 19.2. The third-order valence-corrected chi connectivity index (χ3v) is 22.1. The average Bonchev–Trinajstić information content (AvgIpc) is 2.72. The molecule has 3 rings (SSSR count). The molecule has 1 fully saturated rings. The van der Waals surface area contributed by atoms with Crippen molar-refractivity contribution in [1.82, 2.24) is 0 Å². The van der Waals surface area contributed by atoms with Crippen LogP contribution in [0, 0.1) is 11.8 Å². The first-order valence-electron chi connectivity index (χ1n) is 8.81. The van der Waals surface area contributed by atoms with Crippen LogP contribution in [0.3, 0.4) is 0 Å². The van der Waals surface area contributed by atoms with Gasteiger partial charge in [0.25, 0.3) is 0 Å². The number of hydrogen-bond donors (Lipinski definition) is 0. The van der Waals surface area contributed by atoms with Gasteiger partial charge in [-0.1, -0.05) is 0 Å². The minimum absolute atomic E-state index is 0.726. The second-order valence-corrected chi connectivity index (χ2v) is 23.8. The first-order chi connectivity index (χ1) is 9.95. The molecule has 1 heterocycles. The molecule has 0 radical (unpaired) electrons. The van der Waals surface area contributed by atoms with Crippen LogP contribution in [0.4, 0.5) is 0 Å². The second-order valence-electron chi connectivity index (χ2n) is 8.85. The minimum atomic E-state index is -2.44. The average molecular weight is 392 g/mol. The van der Waals surface area contributed by atoms with E-state index in [4.69, 9.17) is 0 Å². The van der Waals surface area contributed by atoms with Gasteiger partial charge in [0.1, 0.15) is 0 Å². The van der Waals surface area contributed by atoms with Crippen molar-refractivity contribution in [2.75, 3.05) is 0 Å². The Morgan fingerprint density at radius 3 is 1.32 bits per heavy atom. The summed E-state index contributed by atoms with van der Waals surface area (Å²) in [6.45, 7) is 20.0. The van der Waals surface area contributed by atoms with Crippen LogP contribution in [0.2, 0.25) is 22.4 Å².